The van der Waals surface area contributed by atoms with Gasteiger partial charge >= 0.3 is 0 Å². The van der Waals surface area contributed by atoms with Crippen molar-refractivity contribution in [3.63, 3.8) is 0 Å². The first-order valence-corrected chi connectivity index (χ1v) is 9.42. The number of anilines is 1. The van der Waals surface area contributed by atoms with Gasteiger partial charge in [0.2, 0.25) is 5.13 Å². The number of halogens is 2. The third-order valence-corrected chi connectivity index (χ3v) is 4.85. The van der Waals surface area contributed by atoms with Gasteiger partial charge in [-0.15, -0.1) is 11.3 Å². The minimum Gasteiger partial charge on any atom is -0.253 e. The van der Waals surface area contributed by atoms with Crippen LogP contribution in [-0.4, -0.2) is 11.2 Å². The highest BCUT2D eigenvalue weighted by molar-refractivity contribution is 7.14. The molecule has 1 N–H and O–H groups in total. The van der Waals surface area contributed by atoms with E-state index in [0.29, 0.717) is 16.3 Å². The maximum absolute atomic E-state index is 13.9. The lowest BCUT2D eigenvalue weighted by Crippen LogP contribution is -1.91. The van der Waals surface area contributed by atoms with Gasteiger partial charge in [0, 0.05) is 22.6 Å². The Morgan fingerprint density at radius 3 is 2.43 bits per heavy atom. The first kappa shape index (κ1) is 18.0. The maximum atomic E-state index is 13.9. The standard InChI is InChI=1S/C22H15F2N3S/c23-18-10-11-19(20(24)12-18)16-8-6-15(7-9-16)13-25-27-22-26-21(14-28-22)17-4-2-1-3-5-17/h1-14H,(H,26,27). The van der Waals surface area contributed by atoms with Gasteiger partial charge in [-0.3, -0.25) is 5.43 Å². The van der Waals surface area contributed by atoms with Gasteiger partial charge in [0.1, 0.15) is 11.6 Å². The fourth-order valence-corrected chi connectivity index (χ4v) is 3.37. The van der Waals surface area contributed by atoms with Crippen molar-refractivity contribution in [2.45, 2.75) is 0 Å². The van der Waals surface area contributed by atoms with Crippen molar-refractivity contribution in [3.8, 4) is 22.4 Å². The molecule has 0 saturated carbocycles. The van der Waals surface area contributed by atoms with E-state index in [4.69, 9.17) is 0 Å². The van der Waals surface area contributed by atoms with Gasteiger partial charge in [-0.1, -0.05) is 54.6 Å². The van der Waals surface area contributed by atoms with Crippen LogP contribution in [0.3, 0.4) is 0 Å². The Morgan fingerprint density at radius 2 is 1.68 bits per heavy atom. The van der Waals surface area contributed by atoms with Crippen molar-refractivity contribution < 1.29 is 8.78 Å². The van der Waals surface area contributed by atoms with Gasteiger partial charge in [0.25, 0.3) is 0 Å². The fourth-order valence-electron chi connectivity index (χ4n) is 2.70. The Bertz CT molecular complexity index is 1110. The smallest absolute Gasteiger partial charge is 0.203 e. The van der Waals surface area contributed by atoms with E-state index in [1.54, 1.807) is 18.3 Å². The molecule has 6 heteroatoms. The second kappa shape index (κ2) is 8.10. The summed E-state index contributed by atoms with van der Waals surface area (Å²) in [4.78, 5) is 4.50. The van der Waals surface area contributed by atoms with Crippen molar-refractivity contribution in [1.82, 2.24) is 4.98 Å². The monoisotopic (exact) mass is 391 g/mol. The van der Waals surface area contributed by atoms with E-state index in [2.05, 4.69) is 15.5 Å². The molecule has 4 rings (SSSR count). The second-order valence-corrected chi connectivity index (χ2v) is 6.88. The van der Waals surface area contributed by atoms with E-state index in [0.717, 1.165) is 22.9 Å². The van der Waals surface area contributed by atoms with Crippen LogP contribution in [0.2, 0.25) is 0 Å². The SMILES string of the molecule is Fc1ccc(-c2ccc(C=NNc3nc(-c4ccccc4)cs3)cc2)c(F)c1. The lowest BCUT2D eigenvalue weighted by atomic mass is 10.0. The number of nitrogens with one attached hydrogen (secondary N) is 1. The predicted octanol–water partition coefficient (Wildman–Crippen LogP) is 6.20. The Kier molecular flexibility index (Phi) is 5.21. The molecule has 0 spiro atoms. The molecule has 0 radical (unpaired) electrons. The van der Waals surface area contributed by atoms with Crippen molar-refractivity contribution in [2.24, 2.45) is 5.10 Å². The van der Waals surface area contributed by atoms with Crippen molar-refractivity contribution >= 4 is 22.7 Å². The molecule has 3 nitrogen and oxygen atoms in total. The first-order valence-electron chi connectivity index (χ1n) is 8.54. The highest BCUT2D eigenvalue weighted by atomic mass is 32.1. The van der Waals surface area contributed by atoms with Gasteiger partial charge in [-0.05, 0) is 23.3 Å². The van der Waals surface area contributed by atoms with Crippen molar-refractivity contribution in [1.29, 1.82) is 0 Å². The van der Waals surface area contributed by atoms with Crippen LogP contribution in [-0.2, 0) is 0 Å². The van der Waals surface area contributed by atoms with Crippen molar-refractivity contribution in [2.75, 3.05) is 5.43 Å². The minimum atomic E-state index is -0.589. The second-order valence-electron chi connectivity index (χ2n) is 6.02. The molecule has 1 heterocycles. The average Bonchev–Trinajstić information content (AvgIpc) is 3.18. The molecule has 0 atom stereocenters. The number of aromatic nitrogens is 1. The maximum Gasteiger partial charge on any atom is 0.203 e. The first-order chi connectivity index (χ1) is 13.7. The molecule has 138 valence electrons. The molecular formula is C22H15F2N3S. The highest BCUT2D eigenvalue weighted by Crippen LogP contribution is 2.25. The van der Waals surface area contributed by atoms with Gasteiger partial charge in [-0.25, -0.2) is 13.8 Å². The molecular weight excluding hydrogens is 376 g/mol. The number of hydrogen-bond acceptors (Lipinski definition) is 4. The number of hydrogen-bond donors (Lipinski definition) is 1. The summed E-state index contributed by atoms with van der Waals surface area (Å²) in [5.41, 5.74) is 6.75. The summed E-state index contributed by atoms with van der Waals surface area (Å²) in [6.45, 7) is 0. The molecule has 0 aliphatic heterocycles. The van der Waals surface area contributed by atoms with Crippen LogP contribution in [0, 0.1) is 11.6 Å². The highest BCUT2D eigenvalue weighted by Gasteiger charge is 2.06. The molecule has 0 aliphatic carbocycles. The van der Waals surface area contributed by atoms with Gasteiger partial charge in [0.15, 0.2) is 0 Å². The largest absolute Gasteiger partial charge is 0.253 e. The van der Waals surface area contributed by atoms with Crippen LogP contribution in [0.4, 0.5) is 13.9 Å². The fraction of sp³-hybridized carbons (Fsp3) is 0. The Morgan fingerprint density at radius 1 is 0.893 bits per heavy atom. The number of hydrazone groups is 1. The van der Waals surface area contributed by atoms with Crippen LogP contribution in [0.25, 0.3) is 22.4 Å². The van der Waals surface area contributed by atoms with Crippen LogP contribution < -0.4 is 5.43 Å². The molecule has 0 saturated heterocycles. The van der Waals surface area contributed by atoms with E-state index in [1.165, 1.54) is 23.5 Å². The summed E-state index contributed by atoms with van der Waals surface area (Å²) < 4.78 is 26.9. The van der Waals surface area contributed by atoms with Gasteiger partial charge < -0.3 is 0 Å². The van der Waals surface area contributed by atoms with Crippen molar-refractivity contribution in [3.05, 3.63) is 95.4 Å². The predicted molar refractivity (Wildman–Crippen MR) is 111 cm³/mol. The Labute approximate surface area is 165 Å². The summed E-state index contributed by atoms with van der Waals surface area (Å²) >= 11 is 1.47. The van der Waals surface area contributed by atoms with Crippen LogP contribution in [0.5, 0.6) is 0 Å². The Hall–Kier alpha value is -3.38. The molecule has 1 aromatic heterocycles. The summed E-state index contributed by atoms with van der Waals surface area (Å²) in [7, 11) is 0. The molecule has 0 unspecified atom stereocenters. The summed E-state index contributed by atoms with van der Waals surface area (Å²) in [6, 6.07) is 20.7. The lowest BCUT2D eigenvalue weighted by Gasteiger charge is -2.04. The van der Waals surface area contributed by atoms with Crippen LogP contribution >= 0.6 is 11.3 Å². The van der Waals surface area contributed by atoms with E-state index in [1.807, 2.05) is 47.8 Å². The molecule has 0 fully saturated rings. The number of benzene rings is 3. The van der Waals surface area contributed by atoms with E-state index >= 15 is 0 Å². The van der Waals surface area contributed by atoms with Gasteiger partial charge in [-0.2, -0.15) is 5.10 Å². The molecule has 28 heavy (non-hydrogen) atoms. The zero-order chi connectivity index (χ0) is 19.3. The quantitative estimate of drug-likeness (QED) is 0.325. The van der Waals surface area contributed by atoms with Gasteiger partial charge in [0.05, 0.1) is 11.9 Å². The molecule has 0 bridgehead atoms. The number of rotatable bonds is 5. The molecule has 0 aliphatic rings. The minimum absolute atomic E-state index is 0.360. The van der Waals surface area contributed by atoms with E-state index in [-0.39, 0.29) is 0 Å². The third-order valence-electron chi connectivity index (χ3n) is 4.10. The number of thiazole rings is 1. The zero-order valence-corrected chi connectivity index (χ0v) is 15.5. The zero-order valence-electron chi connectivity index (χ0n) is 14.6. The average molecular weight is 391 g/mol. The third kappa shape index (κ3) is 4.13. The molecule has 4 aromatic rings. The van der Waals surface area contributed by atoms with E-state index < -0.39 is 11.6 Å². The summed E-state index contributed by atoms with van der Waals surface area (Å²) in [5, 5.41) is 6.87. The van der Waals surface area contributed by atoms with Crippen LogP contribution in [0.1, 0.15) is 5.56 Å². The number of nitrogens with zero attached hydrogens (tertiary/aromatic N) is 2. The van der Waals surface area contributed by atoms with E-state index in [9.17, 15) is 8.78 Å². The summed E-state index contributed by atoms with van der Waals surface area (Å²) in [6.07, 6.45) is 1.66. The van der Waals surface area contributed by atoms with Crippen LogP contribution in [0.15, 0.2) is 83.3 Å². The topological polar surface area (TPSA) is 37.3 Å². The lowest BCUT2D eigenvalue weighted by molar-refractivity contribution is 0.585. The normalized spacial score (nSPS) is 11.1. The summed E-state index contributed by atoms with van der Waals surface area (Å²) in [5.74, 6) is -1.17. The molecule has 3 aromatic carbocycles. The Balaban J connectivity index is 1.42. The molecule has 0 amide bonds.